The molecule has 1 atom stereocenters. The van der Waals surface area contributed by atoms with Gasteiger partial charge in [-0.05, 0) is 18.6 Å². The third kappa shape index (κ3) is 2.64. The molecule has 1 amide bonds. The van der Waals surface area contributed by atoms with E-state index in [0.29, 0.717) is 0 Å². The first-order chi connectivity index (χ1) is 9.00. The minimum atomic E-state index is -3.01. The zero-order valence-electron chi connectivity index (χ0n) is 9.75. The smallest absolute Gasteiger partial charge is 0.387 e. The molecule has 102 valence electrons. The average molecular weight is 271 g/mol. The Hall–Kier alpha value is -2.18. The number of benzene rings is 1. The molecule has 0 radical (unpaired) electrons. The molecule has 1 aliphatic rings. The zero-order chi connectivity index (χ0) is 14.0. The monoisotopic (exact) mass is 271 g/mol. The predicted molar refractivity (Wildman–Crippen MR) is 61.2 cm³/mol. The number of rotatable bonds is 4. The van der Waals surface area contributed by atoms with Crippen molar-refractivity contribution in [1.29, 1.82) is 0 Å². The highest BCUT2D eigenvalue weighted by Gasteiger charge is 2.38. The number of amides is 1. The van der Waals surface area contributed by atoms with E-state index in [1.807, 2.05) is 0 Å². The number of para-hydroxylation sites is 2. The van der Waals surface area contributed by atoms with Crippen LogP contribution in [0.3, 0.4) is 0 Å². The van der Waals surface area contributed by atoms with Crippen LogP contribution in [0.1, 0.15) is 6.42 Å². The largest absolute Gasteiger partial charge is 0.481 e. The Morgan fingerprint density at radius 2 is 2.11 bits per heavy atom. The number of halogens is 2. The highest BCUT2D eigenvalue weighted by molar-refractivity contribution is 6.08. The maximum Gasteiger partial charge on any atom is 0.387 e. The summed E-state index contributed by atoms with van der Waals surface area (Å²) in [5.41, 5.74) is 0.163. The summed E-state index contributed by atoms with van der Waals surface area (Å²) in [4.78, 5) is 23.9. The second-order valence-electron chi connectivity index (χ2n) is 4.02. The Morgan fingerprint density at radius 3 is 2.68 bits per heavy atom. The van der Waals surface area contributed by atoms with Gasteiger partial charge in [0.15, 0.2) is 0 Å². The van der Waals surface area contributed by atoms with E-state index in [2.05, 4.69) is 4.74 Å². The van der Waals surface area contributed by atoms with Gasteiger partial charge in [-0.15, -0.1) is 0 Å². The van der Waals surface area contributed by atoms with Crippen LogP contribution in [0.4, 0.5) is 14.5 Å². The van der Waals surface area contributed by atoms with Crippen molar-refractivity contribution in [3.05, 3.63) is 24.3 Å². The maximum atomic E-state index is 12.3. The van der Waals surface area contributed by atoms with Crippen LogP contribution < -0.4 is 9.64 Å². The summed E-state index contributed by atoms with van der Waals surface area (Å²) in [6.45, 7) is -2.84. The normalized spacial score (nSPS) is 19.0. The number of ether oxygens (including phenoxy) is 1. The van der Waals surface area contributed by atoms with Crippen molar-refractivity contribution in [1.82, 2.24) is 0 Å². The number of carboxylic acid groups (broad SMARTS) is 1. The molecule has 1 unspecified atom stereocenters. The summed E-state index contributed by atoms with van der Waals surface area (Å²) in [6.07, 6.45) is 0.150. The number of hydrogen-bond acceptors (Lipinski definition) is 3. The molecule has 2 rings (SSSR count). The first kappa shape index (κ1) is 13.3. The topological polar surface area (TPSA) is 66.8 Å². The van der Waals surface area contributed by atoms with Gasteiger partial charge in [-0.2, -0.15) is 8.78 Å². The summed E-state index contributed by atoms with van der Waals surface area (Å²) < 4.78 is 28.9. The van der Waals surface area contributed by atoms with Gasteiger partial charge in [0, 0.05) is 6.54 Å². The molecule has 0 aliphatic carbocycles. The van der Waals surface area contributed by atoms with Crippen molar-refractivity contribution in [3.63, 3.8) is 0 Å². The van der Waals surface area contributed by atoms with Gasteiger partial charge in [-0.1, -0.05) is 12.1 Å². The number of aliphatic carboxylic acids is 1. The average Bonchev–Trinajstić information content (AvgIpc) is 2.71. The van der Waals surface area contributed by atoms with Crippen LogP contribution in [-0.2, 0) is 9.59 Å². The van der Waals surface area contributed by atoms with E-state index in [1.54, 1.807) is 6.07 Å². The fourth-order valence-corrected chi connectivity index (χ4v) is 2.02. The lowest BCUT2D eigenvalue weighted by molar-refractivity contribution is -0.144. The molecule has 7 heteroatoms. The first-order valence-electron chi connectivity index (χ1n) is 5.58. The van der Waals surface area contributed by atoms with Gasteiger partial charge in [0.2, 0.25) is 5.91 Å². The van der Waals surface area contributed by atoms with Crippen LogP contribution in [0.2, 0.25) is 0 Å². The quantitative estimate of drug-likeness (QED) is 0.847. The lowest BCUT2D eigenvalue weighted by atomic mass is 10.1. The predicted octanol–water partition coefficient (Wildman–Crippen LogP) is 1.73. The molecule has 1 saturated heterocycles. The Kier molecular flexibility index (Phi) is 3.64. The standard InChI is InChI=1S/C12H11F2NO4/c13-12(14)19-9-4-2-1-3-8(9)15-6-5-7(10(15)16)11(17)18/h1-4,7,12H,5-6H2,(H,17,18). The van der Waals surface area contributed by atoms with Crippen molar-refractivity contribution in [2.24, 2.45) is 5.92 Å². The molecule has 1 fully saturated rings. The number of carbonyl (C=O) groups excluding carboxylic acids is 1. The van der Waals surface area contributed by atoms with Gasteiger partial charge < -0.3 is 14.7 Å². The van der Waals surface area contributed by atoms with Gasteiger partial charge in [0.05, 0.1) is 5.69 Å². The van der Waals surface area contributed by atoms with Crippen LogP contribution in [-0.4, -0.2) is 30.1 Å². The molecule has 0 spiro atoms. The molecule has 5 nitrogen and oxygen atoms in total. The first-order valence-corrected chi connectivity index (χ1v) is 5.58. The molecule has 0 saturated carbocycles. The van der Waals surface area contributed by atoms with Crippen LogP contribution in [0.25, 0.3) is 0 Å². The molecule has 1 aromatic carbocycles. The van der Waals surface area contributed by atoms with Crippen molar-refractivity contribution in [3.8, 4) is 5.75 Å². The number of alkyl halides is 2. The van der Waals surface area contributed by atoms with Crippen LogP contribution in [0, 0.1) is 5.92 Å². The highest BCUT2D eigenvalue weighted by atomic mass is 19.3. The number of nitrogens with zero attached hydrogens (tertiary/aromatic N) is 1. The molecule has 0 bridgehead atoms. The molecule has 19 heavy (non-hydrogen) atoms. The second-order valence-corrected chi connectivity index (χ2v) is 4.02. The minimum Gasteiger partial charge on any atom is -0.481 e. The molecule has 1 aromatic rings. The zero-order valence-corrected chi connectivity index (χ0v) is 9.75. The van der Waals surface area contributed by atoms with Gasteiger partial charge in [-0.25, -0.2) is 0 Å². The third-order valence-corrected chi connectivity index (χ3v) is 2.88. The molecule has 0 aromatic heterocycles. The van der Waals surface area contributed by atoms with E-state index >= 15 is 0 Å². The third-order valence-electron chi connectivity index (χ3n) is 2.88. The van der Waals surface area contributed by atoms with Crippen LogP contribution in [0.15, 0.2) is 24.3 Å². The lowest BCUT2D eigenvalue weighted by Crippen LogP contribution is -2.30. The molecule has 1 aliphatic heterocycles. The van der Waals surface area contributed by atoms with Gasteiger partial charge in [-0.3, -0.25) is 9.59 Å². The van der Waals surface area contributed by atoms with Gasteiger partial charge in [0.1, 0.15) is 11.7 Å². The van der Waals surface area contributed by atoms with E-state index in [9.17, 15) is 18.4 Å². The summed E-state index contributed by atoms with van der Waals surface area (Å²) in [7, 11) is 0. The molecular formula is C12H11F2NO4. The van der Waals surface area contributed by atoms with Gasteiger partial charge in [0.25, 0.3) is 0 Å². The number of anilines is 1. The van der Waals surface area contributed by atoms with E-state index in [4.69, 9.17) is 5.11 Å². The Bertz CT molecular complexity index is 506. The number of carboxylic acids is 1. The number of hydrogen-bond donors (Lipinski definition) is 1. The van der Waals surface area contributed by atoms with Crippen molar-refractivity contribution in [2.45, 2.75) is 13.0 Å². The Labute approximate surface area is 107 Å². The second kappa shape index (κ2) is 5.21. The highest BCUT2D eigenvalue weighted by Crippen LogP contribution is 2.33. The summed E-state index contributed by atoms with van der Waals surface area (Å²) in [6, 6.07) is 5.81. The van der Waals surface area contributed by atoms with Crippen molar-refractivity contribution >= 4 is 17.6 Å². The molecule has 1 N–H and O–H groups in total. The maximum absolute atomic E-state index is 12.3. The summed E-state index contributed by atoms with van der Waals surface area (Å²) in [5, 5.41) is 8.86. The molecule has 1 heterocycles. The van der Waals surface area contributed by atoms with Gasteiger partial charge >= 0.3 is 12.6 Å². The Balaban J connectivity index is 2.28. The minimum absolute atomic E-state index is 0.142. The Morgan fingerprint density at radius 1 is 1.42 bits per heavy atom. The van der Waals surface area contributed by atoms with E-state index in [-0.39, 0.29) is 24.4 Å². The van der Waals surface area contributed by atoms with Crippen molar-refractivity contribution in [2.75, 3.05) is 11.4 Å². The summed E-state index contributed by atoms with van der Waals surface area (Å²) >= 11 is 0. The van der Waals surface area contributed by atoms with E-state index in [0.717, 1.165) is 4.90 Å². The molecular weight excluding hydrogens is 260 g/mol. The van der Waals surface area contributed by atoms with Crippen LogP contribution in [0.5, 0.6) is 5.75 Å². The fourth-order valence-electron chi connectivity index (χ4n) is 2.02. The summed E-state index contributed by atoms with van der Waals surface area (Å²) in [5.74, 6) is -3.09. The van der Waals surface area contributed by atoms with Crippen molar-refractivity contribution < 1.29 is 28.2 Å². The van der Waals surface area contributed by atoms with E-state index in [1.165, 1.54) is 18.2 Å². The fraction of sp³-hybridized carbons (Fsp3) is 0.333. The SMILES string of the molecule is O=C(O)C1CCN(c2ccccc2OC(F)F)C1=O. The number of carbonyl (C=O) groups is 2. The lowest BCUT2D eigenvalue weighted by Gasteiger charge is -2.19. The van der Waals surface area contributed by atoms with Crippen LogP contribution >= 0.6 is 0 Å². The van der Waals surface area contributed by atoms with E-state index < -0.39 is 24.4 Å².